The predicted octanol–water partition coefficient (Wildman–Crippen LogP) is 0.602. The summed E-state index contributed by atoms with van der Waals surface area (Å²) < 4.78 is 12.1. The molecule has 15 heteroatoms. The van der Waals surface area contributed by atoms with E-state index in [-0.39, 0.29) is 35.6 Å². The molecule has 7 atom stereocenters. The molecule has 3 saturated heterocycles. The molecular weight excluding hydrogens is 676 g/mol. The Kier molecular flexibility index (Phi) is 12.2. The van der Waals surface area contributed by atoms with Crippen molar-refractivity contribution < 1.29 is 54.2 Å². The molecule has 1 aromatic rings. The second kappa shape index (κ2) is 15.9. The Hall–Kier alpha value is -3.34. The molecule has 3 amide bonds. The fourth-order valence-corrected chi connectivity index (χ4v) is 8.66. The molecule has 290 valence electrons. The number of phenols is 1. The van der Waals surface area contributed by atoms with E-state index in [9.17, 15) is 44.7 Å². The van der Waals surface area contributed by atoms with Crippen LogP contribution in [0.15, 0.2) is 12.1 Å². The number of aliphatic hydroxyl groups excluding tert-OH is 3. The number of carbonyl (C=O) groups is 4. The highest BCUT2D eigenvalue weighted by Gasteiger charge is 2.56. The maximum absolute atomic E-state index is 13.7. The zero-order chi connectivity index (χ0) is 38.0. The highest BCUT2D eigenvalue weighted by Crippen LogP contribution is 2.41. The maximum atomic E-state index is 13.7. The number of aryl methyl sites for hydroxylation is 2. The minimum atomic E-state index is -2.01. The molecule has 1 saturated carbocycles. The van der Waals surface area contributed by atoms with E-state index >= 15 is 0 Å². The third-order valence-electron chi connectivity index (χ3n) is 11.8. The number of hydrogen-bond donors (Lipinski definition) is 7. The van der Waals surface area contributed by atoms with Crippen molar-refractivity contribution in [3.05, 3.63) is 28.8 Å². The number of aliphatic hydroxyl groups is 3. The highest BCUT2D eigenvalue weighted by atomic mass is 16.6. The van der Waals surface area contributed by atoms with Crippen LogP contribution >= 0.6 is 0 Å². The summed E-state index contributed by atoms with van der Waals surface area (Å²) in [7, 11) is 0. The molecule has 0 unspecified atom stereocenters. The van der Waals surface area contributed by atoms with Gasteiger partial charge in [0.25, 0.3) is 5.91 Å². The molecule has 5 rings (SSSR count). The first-order valence-corrected chi connectivity index (χ1v) is 18.4. The molecule has 52 heavy (non-hydrogen) atoms. The van der Waals surface area contributed by atoms with Gasteiger partial charge in [-0.05, 0) is 56.4 Å². The Morgan fingerprint density at radius 3 is 2.35 bits per heavy atom. The lowest BCUT2D eigenvalue weighted by Gasteiger charge is -2.49. The number of carbonyl (C=O) groups excluding carboxylic acids is 3. The van der Waals surface area contributed by atoms with Crippen LogP contribution in [0.5, 0.6) is 5.75 Å². The van der Waals surface area contributed by atoms with Crippen molar-refractivity contribution in [1.82, 2.24) is 20.4 Å². The third kappa shape index (κ3) is 8.24. The lowest BCUT2D eigenvalue weighted by atomic mass is 9.74. The van der Waals surface area contributed by atoms with Gasteiger partial charge in [0.05, 0.1) is 37.0 Å². The van der Waals surface area contributed by atoms with Gasteiger partial charge in [0.2, 0.25) is 11.8 Å². The van der Waals surface area contributed by atoms with E-state index in [0.29, 0.717) is 50.4 Å². The number of rotatable bonds is 11. The summed E-state index contributed by atoms with van der Waals surface area (Å²) >= 11 is 0. The molecular formula is C37H56N4O11. The third-order valence-corrected chi connectivity index (χ3v) is 11.8. The molecule has 0 aromatic heterocycles. The number of carboxylic acids is 1. The van der Waals surface area contributed by atoms with Crippen LogP contribution in [-0.4, -0.2) is 147 Å². The second-order valence-electron chi connectivity index (χ2n) is 15.7. The van der Waals surface area contributed by atoms with Crippen molar-refractivity contribution in [2.75, 3.05) is 45.9 Å². The summed E-state index contributed by atoms with van der Waals surface area (Å²) in [6.45, 7) is 8.62. The van der Waals surface area contributed by atoms with E-state index in [0.717, 1.165) is 32.1 Å². The SMILES string of the molecule is CC(=O)N[C@H]1[C@H]([C@H](O)[C@H](O)CNC(=O)c2cc(C)c(O)c(C)c2)O[C@@](CCN2CCOC[C@@]23CCN(C(=O)C2(C)CCCCC2)C3)(C(=O)O)C[C@@H]1O. The summed E-state index contributed by atoms with van der Waals surface area (Å²) in [4.78, 5) is 55.9. The van der Waals surface area contributed by atoms with Gasteiger partial charge >= 0.3 is 5.97 Å². The van der Waals surface area contributed by atoms with Crippen LogP contribution in [0, 0.1) is 19.3 Å². The van der Waals surface area contributed by atoms with Gasteiger partial charge in [-0.2, -0.15) is 0 Å². The van der Waals surface area contributed by atoms with Crippen LogP contribution < -0.4 is 10.6 Å². The van der Waals surface area contributed by atoms with Gasteiger partial charge in [-0.1, -0.05) is 26.2 Å². The molecule has 0 bridgehead atoms. The van der Waals surface area contributed by atoms with Crippen molar-refractivity contribution >= 4 is 23.7 Å². The summed E-state index contributed by atoms with van der Waals surface area (Å²) in [5.74, 6) is -2.31. The van der Waals surface area contributed by atoms with Gasteiger partial charge in [0.15, 0.2) is 5.60 Å². The fraction of sp³-hybridized carbons (Fsp3) is 0.730. The zero-order valence-electron chi connectivity index (χ0n) is 30.7. The normalized spacial score (nSPS) is 30.4. The lowest BCUT2D eigenvalue weighted by molar-refractivity contribution is -0.231. The number of carboxylic acid groups (broad SMARTS) is 1. The standard InChI is InChI=1S/C37H56N4O11/c1-22-16-25(17-23(2)29(22)45)32(47)38-19-27(44)30(46)31-28(39-24(3)42)26(43)18-37(52-31,34(49)50)11-13-41-14-15-51-21-36(41)10-12-40(20-36)33(48)35(4)8-6-5-7-9-35/h16-17,26-28,30-31,43-46H,5-15,18-21H2,1-4H3,(H,38,47)(H,39,42)(H,49,50)/t26-,27+,28+,30+,31+,36-,37+/m0/s1. The van der Waals surface area contributed by atoms with E-state index in [2.05, 4.69) is 22.5 Å². The zero-order valence-corrected chi connectivity index (χ0v) is 30.7. The van der Waals surface area contributed by atoms with Crippen LogP contribution in [-0.2, 0) is 23.9 Å². The number of likely N-dealkylation sites (tertiary alicyclic amines) is 1. The minimum absolute atomic E-state index is 0.0547. The van der Waals surface area contributed by atoms with E-state index in [1.165, 1.54) is 19.1 Å². The van der Waals surface area contributed by atoms with E-state index in [1.807, 2.05) is 4.90 Å². The van der Waals surface area contributed by atoms with Gasteiger partial charge in [-0.15, -0.1) is 0 Å². The molecule has 1 aromatic carbocycles. The first-order chi connectivity index (χ1) is 24.5. The van der Waals surface area contributed by atoms with Gasteiger partial charge in [0, 0.05) is 63.5 Å². The number of phenolic OH excluding ortho intramolecular Hbond substituents is 1. The van der Waals surface area contributed by atoms with Crippen molar-refractivity contribution in [2.24, 2.45) is 5.41 Å². The molecule has 0 radical (unpaired) electrons. The molecule has 3 aliphatic heterocycles. The van der Waals surface area contributed by atoms with Crippen LogP contribution in [0.1, 0.15) is 86.7 Å². The minimum Gasteiger partial charge on any atom is -0.507 e. The van der Waals surface area contributed by atoms with Crippen LogP contribution in [0.25, 0.3) is 0 Å². The molecule has 4 fully saturated rings. The largest absolute Gasteiger partial charge is 0.507 e. The van der Waals surface area contributed by atoms with E-state index in [1.54, 1.807) is 13.8 Å². The number of aliphatic carboxylic acids is 1. The Labute approximate surface area is 304 Å². The predicted molar refractivity (Wildman–Crippen MR) is 188 cm³/mol. The topological polar surface area (TPSA) is 218 Å². The number of benzene rings is 1. The Bertz CT molecular complexity index is 1480. The highest BCUT2D eigenvalue weighted by molar-refractivity contribution is 5.95. The van der Waals surface area contributed by atoms with Gasteiger partial charge in [0.1, 0.15) is 18.0 Å². The molecule has 15 nitrogen and oxygen atoms in total. The van der Waals surface area contributed by atoms with Crippen molar-refractivity contribution in [3.8, 4) is 5.75 Å². The average Bonchev–Trinajstić information content (AvgIpc) is 3.53. The van der Waals surface area contributed by atoms with Crippen molar-refractivity contribution in [2.45, 2.75) is 121 Å². The first kappa shape index (κ1) is 39.9. The fourth-order valence-electron chi connectivity index (χ4n) is 8.66. The monoisotopic (exact) mass is 732 g/mol. The maximum Gasteiger partial charge on any atom is 0.336 e. The number of hydrogen-bond acceptors (Lipinski definition) is 11. The van der Waals surface area contributed by atoms with Crippen LogP contribution in [0.4, 0.5) is 0 Å². The number of morpholine rings is 1. The van der Waals surface area contributed by atoms with Crippen molar-refractivity contribution in [3.63, 3.8) is 0 Å². The molecule has 1 aliphatic carbocycles. The van der Waals surface area contributed by atoms with Crippen LogP contribution in [0.2, 0.25) is 0 Å². The van der Waals surface area contributed by atoms with E-state index < -0.39 is 72.3 Å². The van der Waals surface area contributed by atoms with Gasteiger partial charge in [-0.3, -0.25) is 19.3 Å². The smallest absolute Gasteiger partial charge is 0.336 e. The molecule has 4 aliphatic rings. The first-order valence-electron chi connectivity index (χ1n) is 18.4. The number of aromatic hydroxyl groups is 1. The van der Waals surface area contributed by atoms with Gasteiger partial charge in [-0.25, -0.2) is 4.79 Å². The lowest BCUT2D eigenvalue weighted by Crippen LogP contribution is -2.68. The summed E-state index contributed by atoms with van der Waals surface area (Å²) in [6, 6.07) is 1.69. The number of nitrogens with one attached hydrogen (secondary N) is 2. The molecule has 3 heterocycles. The number of ether oxygens (including phenoxy) is 2. The second-order valence-corrected chi connectivity index (χ2v) is 15.7. The number of amides is 3. The molecule has 1 spiro atoms. The van der Waals surface area contributed by atoms with Gasteiger partial charge < -0.3 is 50.5 Å². The van der Waals surface area contributed by atoms with E-state index in [4.69, 9.17) is 9.47 Å². The quantitative estimate of drug-likeness (QED) is 0.167. The summed E-state index contributed by atoms with van der Waals surface area (Å²) in [6.07, 6.45) is -1.47. The Balaban J connectivity index is 1.30. The Morgan fingerprint density at radius 2 is 1.71 bits per heavy atom. The average molecular weight is 733 g/mol. The molecule has 7 N–H and O–H groups in total. The number of nitrogens with zero attached hydrogens (tertiary/aromatic N) is 2. The van der Waals surface area contributed by atoms with Crippen LogP contribution in [0.3, 0.4) is 0 Å². The summed E-state index contributed by atoms with van der Waals surface area (Å²) in [5.41, 5.74) is -1.73. The summed E-state index contributed by atoms with van der Waals surface area (Å²) in [5, 5.41) is 59.5. The Morgan fingerprint density at radius 1 is 1.04 bits per heavy atom. The van der Waals surface area contributed by atoms with Crippen molar-refractivity contribution in [1.29, 1.82) is 0 Å².